The zero-order chi connectivity index (χ0) is 29.6. The van der Waals surface area contributed by atoms with Crippen LogP contribution in [0.5, 0.6) is 0 Å². The normalized spacial score (nSPS) is 14.0. The highest BCUT2D eigenvalue weighted by molar-refractivity contribution is 7.17. The molecule has 0 bridgehead atoms. The van der Waals surface area contributed by atoms with E-state index in [1.165, 1.54) is 21.3 Å². The first-order valence-corrected chi connectivity index (χ1v) is 13.9. The Morgan fingerprint density at radius 2 is 1.59 bits per heavy atom. The van der Waals surface area contributed by atoms with Crippen LogP contribution in [0.25, 0.3) is 21.0 Å². The number of hydrogen-bond acceptors (Lipinski definition) is 8. The van der Waals surface area contributed by atoms with E-state index in [1.807, 2.05) is 17.4 Å². The number of nitrogens with zero attached hydrogens (tertiary/aromatic N) is 2. The number of carbonyl (C=O) groups is 3. The summed E-state index contributed by atoms with van der Waals surface area (Å²) in [6.45, 7) is 5.37. The van der Waals surface area contributed by atoms with Gasteiger partial charge in [0.25, 0.3) is 0 Å². The van der Waals surface area contributed by atoms with Crippen LogP contribution in [-0.4, -0.2) is 86.5 Å². The van der Waals surface area contributed by atoms with Crippen LogP contribution in [0.15, 0.2) is 64.8 Å². The van der Waals surface area contributed by atoms with Crippen LogP contribution in [-0.2, 0) is 20.8 Å². The first kappa shape index (κ1) is 29.7. The molecule has 12 heteroatoms. The minimum absolute atomic E-state index is 0.0404. The van der Waals surface area contributed by atoms with Gasteiger partial charge in [0.2, 0.25) is 5.56 Å². The molecule has 2 aromatic heterocycles. The number of fused-ring (bicyclic) bond motifs is 2. The fraction of sp³-hybridized carbons (Fsp3) is 0.310. The number of rotatable bonds is 9. The topological polar surface area (TPSA) is 171 Å². The first-order valence-electron chi connectivity index (χ1n) is 13.0. The summed E-state index contributed by atoms with van der Waals surface area (Å²) in [5.41, 5.74) is 0.800. The Morgan fingerprint density at radius 3 is 2.24 bits per heavy atom. The number of aromatic nitrogens is 1. The van der Waals surface area contributed by atoms with Crippen LogP contribution in [0.2, 0.25) is 0 Å². The van der Waals surface area contributed by atoms with Crippen molar-refractivity contribution in [3.8, 4) is 0 Å². The number of carboxylic acid groups (broad SMARTS) is 3. The van der Waals surface area contributed by atoms with Gasteiger partial charge in [-0.3, -0.25) is 19.3 Å². The van der Waals surface area contributed by atoms with Gasteiger partial charge in [0.05, 0.1) is 12.8 Å². The van der Waals surface area contributed by atoms with Crippen molar-refractivity contribution in [2.75, 3.05) is 37.6 Å². The number of aliphatic hydroxyl groups is 1. The van der Waals surface area contributed by atoms with Gasteiger partial charge in [0, 0.05) is 60.1 Å². The number of anilines is 1. The molecule has 4 aromatic rings. The predicted octanol–water partition coefficient (Wildman–Crippen LogP) is 2.86. The molecule has 216 valence electrons. The second-order valence-corrected chi connectivity index (χ2v) is 10.9. The molecule has 2 aromatic carbocycles. The number of thiophene rings is 1. The van der Waals surface area contributed by atoms with E-state index >= 15 is 0 Å². The molecular formula is C29H31N3O8S. The second kappa shape index (κ2) is 12.9. The highest BCUT2D eigenvalue weighted by Gasteiger charge is 2.40. The third kappa shape index (κ3) is 7.69. The van der Waals surface area contributed by atoms with Gasteiger partial charge < -0.3 is 30.3 Å². The van der Waals surface area contributed by atoms with Gasteiger partial charge in [-0.1, -0.05) is 18.2 Å². The Kier molecular flexibility index (Phi) is 9.38. The zero-order valence-electron chi connectivity index (χ0n) is 22.2. The van der Waals surface area contributed by atoms with Crippen molar-refractivity contribution in [3.63, 3.8) is 0 Å². The molecule has 1 fully saturated rings. The molecule has 0 radical (unpaired) electrons. The van der Waals surface area contributed by atoms with Crippen molar-refractivity contribution in [3.05, 3.63) is 75.9 Å². The monoisotopic (exact) mass is 581 g/mol. The van der Waals surface area contributed by atoms with Gasteiger partial charge in [-0.15, -0.1) is 11.3 Å². The Morgan fingerprint density at radius 1 is 0.902 bits per heavy atom. The van der Waals surface area contributed by atoms with E-state index in [1.54, 1.807) is 6.07 Å². The molecule has 0 spiro atoms. The number of carboxylic acids is 3. The lowest BCUT2D eigenvalue weighted by Crippen LogP contribution is -2.47. The van der Waals surface area contributed by atoms with Crippen LogP contribution in [0.3, 0.4) is 0 Å². The SMILES string of the molecule is O=C(O)CC(O)(CC(=O)O)C(=O)O.O=c1ccc2ccc(CCN3CCN(c4cccc5sccc45)CC3)cc2[nH]1. The maximum absolute atomic E-state index is 11.5. The Hall–Kier alpha value is -4.26. The van der Waals surface area contributed by atoms with Gasteiger partial charge in [0.1, 0.15) is 0 Å². The Bertz CT molecular complexity index is 1590. The molecule has 41 heavy (non-hydrogen) atoms. The van der Waals surface area contributed by atoms with Crippen LogP contribution in [0, 0.1) is 0 Å². The second-order valence-electron chi connectivity index (χ2n) is 9.91. The molecular weight excluding hydrogens is 550 g/mol. The van der Waals surface area contributed by atoms with Crippen molar-refractivity contribution < 1.29 is 34.8 Å². The fourth-order valence-electron chi connectivity index (χ4n) is 4.82. The maximum atomic E-state index is 11.5. The summed E-state index contributed by atoms with van der Waals surface area (Å²) < 4.78 is 1.37. The molecule has 1 saturated heterocycles. The summed E-state index contributed by atoms with van der Waals surface area (Å²) in [4.78, 5) is 50.0. The average molecular weight is 582 g/mol. The summed E-state index contributed by atoms with van der Waals surface area (Å²) in [6, 6.07) is 18.7. The predicted molar refractivity (Wildman–Crippen MR) is 156 cm³/mol. The van der Waals surface area contributed by atoms with Crippen molar-refractivity contribution in [2.24, 2.45) is 0 Å². The lowest BCUT2D eigenvalue weighted by molar-refractivity contribution is -0.170. The number of hydrogen-bond donors (Lipinski definition) is 5. The summed E-state index contributed by atoms with van der Waals surface area (Å²) in [5, 5.41) is 38.5. The Labute approximate surface area is 238 Å². The number of benzene rings is 2. The standard InChI is InChI=1S/C23H23N3OS.C6H8O7/c27-23-7-6-18-5-4-17(16-20(18)24-23)8-10-25-11-13-26(14-12-25)21-2-1-3-22-19(21)9-15-28-22;7-3(8)1-6(13,5(11)12)2-4(9)10/h1-7,9,15-16H,8,10-14H2,(H,24,27);13H,1-2H2,(H,7,8)(H,9,10)(H,11,12). The molecule has 1 aliphatic rings. The van der Waals surface area contributed by atoms with Gasteiger partial charge in [-0.2, -0.15) is 0 Å². The third-order valence-electron chi connectivity index (χ3n) is 6.98. The van der Waals surface area contributed by atoms with Crippen LogP contribution < -0.4 is 10.5 Å². The smallest absolute Gasteiger partial charge is 0.336 e. The lowest BCUT2D eigenvalue weighted by Gasteiger charge is -2.36. The van der Waals surface area contributed by atoms with Crippen LogP contribution >= 0.6 is 11.3 Å². The van der Waals surface area contributed by atoms with E-state index in [4.69, 9.17) is 20.4 Å². The van der Waals surface area contributed by atoms with Crippen molar-refractivity contribution in [1.82, 2.24) is 9.88 Å². The largest absolute Gasteiger partial charge is 0.481 e. The number of nitrogens with one attached hydrogen (secondary N) is 1. The number of piperazine rings is 1. The van der Waals surface area contributed by atoms with E-state index in [9.17, 15) is 19.2 Å². The zero-order valence-corrected chi connectivity index (χ0v) is 23.0. The highest BCUT2D eigenvalue weighted by atomic mass is 32.1. The van der Waals surface area contributed by atoms with Gasteiger partial charge in [-0.05, 0) is 53.1 Å². The molecule has 3 heterocycles. The van der Waals surface area contributed by atoms with E-state index in [2.05, 4.69) is 62.6 Å². The lowest BCUT2D eigenvalue weighted by atomic mass is 9.96. The van der Waals surface area contributed by atoms with Gasteiger partial charge >= 0.3 is 17.9 Å². The highest BCUT2D eigenvalue weighted by Crippen LogP contribution is 2.31. The third-order valence-corrected chi connectivity index (χ3v) is 7.86. The van der Waals surface area contributed by atoms with Crippen molar-refractivity contribution >= 4 is 55.9 Å². The minimum Gasteiger partial charge on any atom is -0.481 e. The summed E-state index contributed by atoms with van der Waals surface area (Å²) in [7, 11) is 0. The molecule has 11 nitrogen and oxygen atoms in total. The van der Waals surface area contributed by atoms with Crippen molar-refractivity contribution in [1.29, 1.82) is 0 Å². The van der Waals surface area contributed by atoms with E-state index in [-0.39, 0.29) is 5.56 Å². The minimum atomic E-state index is -2.74. The Balaban J connectivity index is 0.000000254. The molecule has 0 unspecified atom stereocenters. The maximum Gasteiger partial charge on any atom is 0.336 e. The average Bonchev–Trinajstić information content (AvgIpc) is 3.41. The molecule has 5 rings (SSSR count). The fourth-order valence-corrected chi connectivity index (χ4v) is 5.63. The number of pyridine rings is 1. The molecule has 5 N–H and O–H groups in total. The van der Waals surface area contributed by atoms with E-state index < -0.39 is 36.4 Å². The summed E-state index contributed by atoms with van der Waals surface area (Å²) >= 11 is 1.81. The molecule has 0 atom stereocenters. The van der Waals surface area contributed by atoms with E-state index in [0.717, 1.165) is 50.0 Å². The van der Waals surface area contributed by atoms with Gasteiger partial charge in [0.15, 0.2) is 5.60 Å². The number of aromatic amines is 1. The molecule has 0 saturated carbocycles. The summed E-state index contributed by atoms with van der Waals surface area (Å²) in [6.07, 6.45) is -1.28. The summed E-state index contributed by atoms with van der Waals surface area (Å²) in [5.74, 6) is -5.02. The van der Waals surface area contributed by atoms with E-state index in [0.29, 0.717) is 0 Å². The van der Waals surface area contributed by atoms with Gasteiger partial charge in [-0.25, -0.2) is 4.79 Å². The number of aliphatic carboxylic acids is 3. The molecule has 0 amide bonds. The van der Waals surface area contributed by atoms with Crippen LogP contribution in [0.1, 0.15) is 18.4 Å². The molecule has 1 aliphatic heterocycles. The number of H-pyrrole nitrogens is 1. The quantitative estimate of drug-likeness (QED) is 0.198. The first-order chi connectivity index (χ1) is 19.5. The van der Waals surface area contributed by atoms with Crippen LogP contribution in [0.4, 0.5) is 5.69 Å². The molecule has 0 aliphatic carbocycles. The van der Waals surface area contributed by atoms with Crippen molar-refractivity contribution in [2.45, 2.75) is 24.9 Å².